The third kappa shape index (κ3) is 5.80. The molecular formula is C22H32ClNO6. The van der Waals surface area contributed by atoms with Crippen molar-refractivity contribution in [2.24, 2.45) is 0 Å². The second-order valence-corrected chi connectivity index (χ2v) is 8.44. The lowest BCUT2D eigenvalue weighted by atomic mass is 9.69. The number of nitrogens with one attached hydrogen (secondary N) is 1. The van der Waals surface area contributed by atoms with Gasteiger partial charge in [-0.3, -0.25) is 9.59 Å². The quantitative estimate of drug-likeness (QED) is 0.178. The van der Waals surface area contributed by atoms with Crippen LogP contribution in [0, 0.1) is 0 Å². The topological polar surface area (TPSA) is 116 Å². The van der Waals surface area contributed by atoms with E-state index in [1.807, 2.05) is 6.08 Å². The maximum atomic E-state index is 12.3. The lowest BCUT2D eigenvalue weighted by Crippen LogP contribution is -2.72. The van der Waals surface area contributed by atoms with E-state index >= 15 is 0 Å². The van der Waals surface area contributed by atoms with Gasteiger partial charge in [-0.1, -0.05) is 37.1 Å². The maximum absolute atomic E-state index is 12.3. The molecule has 0 aromatic carbocycles. The number of amides is 1. The van der Waals surface area contributed by atoms with Crippen LogP contribution in [-0.4, -0.2) is 62.5 Å². The van der Waals surface area contributed by atoms with Crippen LogP contribution >= 0.6 is 11.6 Å². The Balaban J connectivity index is 1.78. The summed E-state index contributed by atoms with van der Waals surface area (Å²) in [6, 6.07) is -0.938. The van der Waals surface area contributed by atoms with E-state index in [1.54, 1.807) is 12.2 Å². The molecule has 0 bridgehead atoms. The molecule has 7 nitrogen and oxygen atoms in total. The molecule has 0 saturated carbocycles. The minimum Gasteiger partial charge on any atom is -0.392 e. The first-order valence-electron chi connectivity index (χ1n) is 10.4. The minimum absolute atomic E-state index is 0.0794. The van der Waals surface area contributed by atoms with Crippen LogP contribution in [-0.2, 0) is 14.3 Å². The van der Waals surface area contributed by atoms with E-state index in [0.29, 0.717) is 0 Å². The number of aliphatic hydroxyl groups excluding tert-OH is 2. The van der Waals surface area contributed by atoms with Crippen molar-refractivity contribution in [3.63, 3.8) is 0 Å². The number of alkyl halides is 1. The van der Waals surface area contributed by atoms with Gasteiger partial charge in [0.15, 0.2) is 17.7 Å². The van der Waals surface area contributed by atoms with E-state index < -0.39 is 40.6 Å². The Hall–Kier alpha value is -1.51. The monoisotopic (exact) mass is 441 g/mol. The average molecular weight is 442 g/mol. The van der Waals surface area contributed by atoms with Gasteiger partial charge in [0.05, 0.1) is 18.0 Å². The fraction of sp³-hybridized carbons (Fsp3) is 0.636. The molecule has 168 valence electrons. The highest BCUT2D eigenvalue weighted by atomic mass is 35.5. The van der Waals surface area contributed by atoms with Gasteiger partial charge >= 0.3 is 0 Å². The molecule has 30 heavy (non-hydrogen) atoms. The fourth-order valence-corrected chi connectivity index (χ4v) is 4.10. The Labute approximate surface area is 182 Å². The summed E-state index contributed by atoms with van der Waals surface area (Å²) in [5.74, 6) is -0.985. The van der Waals surface area contributed by atoms with Crippen molar-refractivity contribution in [1.82, 2.24) is 5.32 Å². The maximum Gasteiger partial charge on any atom is 0.244 e. The molecule has 5 atom stereocenters. The first-order chi connectivity index (χ1) is 14.2. The van der Waals surface area contributed by atoms with Gasteiger partial charge in [-0.2, -0.15) is 0 Å². The summed E-state index contributed by atoms with van der Waals surface area (Å²) < 4.78 is 5.53. The van der Waals surface area contributed by atoms with Crippen molar-refractivity contribution in [2.75, 3.05) is 6.61 Å². The summed E-state index contributed by atoms with van der Waals surface area (Å²) >= 11 is 6.21. The van der Waals surface area contributed by atoms with Crippen LogP contribution in [0.2, 0.25) is 0 Å². The number of hydrogen-bond acceptors (Lipinski definition) is 6. The molecule has 0 aromatic heterocycles. The predicted molar refractivity (Wildman–Crippen MR) is 114 cm³/mol. The highest BCUT2D eigenvalue weighted by Crippen LogP contribution is 2.45. The van der Waals surface area contributed by atoms with Crippen LogP contribution in [0.25, 0.3) is 0 Å². The van der Waals surface area contributed by atoms with Gasteiger partial charge in [0.2, 0.25) is 5.91 Å². The molecule has 0 unspecified atom stereocenters. The van der Waals surface area contributed by atoms with Crippen LogP contribution in [0.15, 0.2) is 36.5 Å². The summed E-state index contributed by atoms with van der Waals surface area (Å²) in [6.07, 6.45) is 13.8. The van der Waals surface area contributed by atoms with Gasteiger partial charge in [-0.05, 0) is 44.8 Å². The third-order valence-corrected chi connectivity index (χ3v) is 6.32. The van der Waals surface area contributed by atoms with E-state index in [4.69, 9.17) is 21.4 Å². The van der Waals surface area contributed by atoms with Crippen molar-refractivity contribution in [3.8, 4) is 0 Å². The molecule has 1 heterocycles. The number of fused-ring (bicyclic) bond motifs is 1. The molecule has 2 aliphatic rings. The molecule has 0 aromatic rings. The van der Waals surface area contributed by atoms with E-state index in [-0.39, 0.29) is 13.0 Å². The zero-order chi connectivity index (χ0) is 22.2. The second kappa shape index (κ2) is 11.2. The summed E-state index contributed by atoms with van der Waals surface area (Å²) in [5.41, 5.74) is -3.41. The Bertz CT molecular complexity index is 693. The molecular weight excluding hydrogens is 410 g/mol. The number of carbonyl (C=O) groups excluding carboxylic acids is 2. The molecule has 0 radical (unpaired) electrons. The molecule has 2 rings (SSSR count). The van der Waals surface area contributed by atoms with Gasteiger partial charge in [-0.25, -0.2) is 0 Å². The zero-order valence-corrected chi connectivity index (χ0v) is 18.1. The van der Waals surface area contributed by atoms with Gasteiger partial charge in [-0.15, -0.1) is 11.6 Å². The number of ketones is 1. The molecule has 1 aliphatic heterocycles. The van der Waals surface area contributed by atoms with Crippen molar-refractivity contribution in [3.05, 3.63) is 36.5 Å². The first-order valence-corrected chi connectivity index (χ1v) is 10.9. The third-order valence-electron chi connectivity index (χ3n) is 5.76. The number of rotatable bonds is 10. The van der Waals surface area contributed by atoms with Gasteiger partial charge in [0.25, 0.3) is 0 Å². The van der Waals surface area contributed by atoms with E-state index in [2.05, 4.69) is 5.32 Å². The minimum atomic E-state index is -1.93. The molecule has 8 heteroatoms. The summed E-state index contributed by atoms with van der Waals surface area (Å²) in [5, 5.41) is 31.7. The number of halogens is 1. The normalized spacial score (nSPS) is 33.9. The van der Waals surface area contributed by atoms with E-state index in [0.717, 1.165) is 38.5 Å². The summed E-state index contributed by atoms with van der Waals surface area (Å²) in [6.45, 7) is 1.56. The predicted octanol–water partition coefficient (Wildman–Crippen LogP) is 1.89. The summed E-state index contributed by atoms with van der Waals surface area (Å²) in [4.78, 5) is 24.5. The highest BCUT2D eigenvalue weighted by molar-refractivity contribution is 6.24. The van der Waals surface area contributed by atoms with Crippen LogP contribution in [0.3, 0.4) is 0 Å². The van der Waals surface area contributed by atoms with E-state index in [1.165, 1.54) is 25.2 Å². The summed E-state index contributed by atoms with van der Waals surface area (Å²) in [7, 11) is 0. The van der Waals surface area contributed by atoms with E-state index in [9.17, 15) is 19.8 Å². The van der Waals surface area contributed by atoms with Crippen LogP contribution in [0.1, 0.15) is 51.9 Å². The molecule has 4 N–H and O–H groups in total. The van der Waals surface area contributed by atoms with Crippen LogP contribution in [0.5, 0.6) is 0 Å². The highest BCUT2D eigenvalue weighted by Gasteiger charge is 2.63. The number of unbranched alkanes of at least 4 members (excludes halogenated alkanes) is 5. The standard InChI is InChI=1S/C22H32ClNO6/c1-21-17(23)12-13-18(26)22(21,29)15-16(20(28)30-21)24-19(27)11-9-7-5-3-2-4-6-8-10-14-25/h8-13,16-17,20,25,28-29H,2-7,14-15H2,1H3,(H,24,27)/b10-8+,11-9+/t16-,17+,20+,21-,22+/m0/s1. The number of allylic oxidation sites excluding steroid dienone is 2. The van der Waals surface area contributed by atoms with Crippen molar-refractivity contribution < 1.29 is 29.6 Å². The number of hydrogen-bond donors (Lipinski definition) is 4. The van der Waals surface area contributed by atoms with Crippen LogP contribution < -0.4 is 5.32 Å². The lowest BCUT2D eigenvalue weighted by molar-refractivity contribution is -0.281. The Kier molecular flexibility index (Phi) is 9.25. The molecule has 1 amide bonds. The second-order valence-electron chi connectivity index (χ2n) is 7.97. The lowest BCUT2D eigenvalue weighted by Gasteiger charge is -2.53. The van der Waals surface area contributed by atoms with Crippen molar-refractivity contribution >= 4 is 23.3 Å². The van der Waals surface area contributed by atoms with Gasteiger partial charge in [0, 0.05) is 6.42 Å². The average Bonchev–Trinajstić information content (AvgIpc) is 2.70. The van der Waals surface area contributed by atoms with Gasteiger partial charge < -0.3 is 25.4 Å². The zero-order valence-electron chi connectivity index (χ0n) is 17.3. The molecule has 1 fully saturated rings. The van der Waals surface area contributed by atoms with Crippen LogP contribution in [0.4, 0.5) is 0 Å². The van der Waals surface area contributed by atoms with Gasteiger partial charge in [0.1, 0.15) is 5.60 Å². The largest absolute Gasteiger partial charge is 0.392 e. The van der Waals surface area contributed by atoms with Crippen molar-refractivity contribution in [2.45, 2.75) is 80.8 Å². The Morgan fingerprint density at radius 2 is 1.93 bits per heavy atom. The molecule has 1 aliphatic carbocycles. The smallest absolute Gasteiger partial charge is 0.244 e. The SMILES string of the molecule is C[C@@]12O[C@@H](O)[C@@H](NC(=O)/C=C/CCCCCC/C=C/CO)C[C@@]1(O)C(=O)C=C[C@H]2Cl. The Morgan fingerprint density at radius 1 is 1.27 bits per heavy atom. The first kappa shape index (κ1) is 24.8. The fourth-order valence-electron chi connectivity index (χ4n) is 3.80. The molecule has 1 saturated heterocycles. The van der Waals surface area contributed by atoms with Crippen molar-refractivity contribution in [1.29, 1.82) is 0 Å². The molecule has 0 spiro atoms. The number of carbonyl (C=O) groups is 2. The number of aliphatic hydroxyl groups is 3. The Morgan fingerprint density at radius 3 is 2.60 bits per heavy atom. The number of ether oxygens (including phenoxy) is 1.